The number of hydrogen-bond donors (Lipinski definition) is 0. The second kappa shape index (κ2) is 4.90. The van der Waals surface area contributed by atoms with E-state index < -0.39 is 0 Å². The molecule has 0 radical (unpaired) electrons. The van der Waals surface area contributed by atoms with E-state index in [1.807, 2.05) is 0 Å². The third-order valence-electron chi connectivity index (χ3n) is 1.17. The predicted molar refractivity (Wildman–Crippen MR) is 51.0 cm³/mol. The first-order valence-corrected chi connectivity index (χ1v) is 4.24. The van der Waals surface area contributed by atoms with Crippen molar-refractivity contribution in [2.45, 2.75) is 6.42 Å². The summed E-state index contributed by atoms with van der Waals surface area (Å²) in [5.41, 5.74) is 0. The van der Waals surface area contributed by atoms with Gasteiger partial charge in [0.1, 0.15) is 11.6 Å². The van der Waals surface area contributed by atoms with E-state index in [-0.39, 0.29) is 11.2 Å². The van der Waals surface area contributed by atoms with E-state index in [4.69, 9.17) is 34.4 Å². The molecule has 0 saturated heterocycles. The maximum Gasteiger partial charge on any atom is 0.237 e. The van der Waals surface area contributed by atoms with Crippen molar-refractivity contribution in [3.8, 4) is 18.2 Å². The van der Waals surface area contributed by atoms with Crippen molar-refractivity contribution in [2.75, 3.05) is 6.61 Å². The molecule has 0 unspecified atom stereocenters. The van der Waals surface area contributed by atoms with E-state index in [9.17, 15) is 0 Å². The molecule has 0 spiro atoms. The maximum absolute atomic E-state index is 5.71. The largest absolute Gasteiger partial charge is 0.475 e. The predicted octanol–water partition coefficient (Wildman–Crippen LogP) is 2.19. The summed E-state index contributed by atoms with van der Waals surface area (Å²) in [6, 6.07) is 0. The summed E-state index contributed by atoms with van der Waals surface area (Å²) in [5.74, 6) is 2.69. The normalized spacial score (nSPS) is 9.31. The molecule has 0 amide bonds. The van der Waals surface area contributed by atoms with Gasteiger partial charge in [0.15, 0.2) is 0 Å². The third kappa shape index (κ3) is 3.10. The van der Waals surface area contributed by atoms with Crippen LogP contribution in [0.4, 0.5) is 0 Å². The molecule has 0 aliphatic heterocycles. The number of ether oxygens (including phenoxy) is 1. The summed E-state index contributed by atoms with van der Waals surface area (Å²) in [5, 5.41) is 0.418. The Labute approximate surface area is 86.0 Å². The minimum Gasteiger partial charge on any atom is -0.475 e. The highest BCUT2D eigenvalue weighted by atomic mass is 35.5. The van der Waals surface area contributed by atoms with Crippen LogP contribution < -0.4 is 4.74 Å². The van der Waals surface area contributed by atoms with E-state index in [1.165, 1.54) is 6.20 Å². The average Bonchev–Trinajstić information content (AvgIpc) is 2.11. The van der Waals surface area contributed by atoms with E-state index >= 15 is 0 Å². The molecule has 3 nitrogen and oxygen atoms in total. The van der Waals surface area contributed by atoms with Gasteiger partial charge in [0, 0.05) is 6.42 Å². The highest BCUT2D eigenvalue weighted by Gasteiger charge is 2.04. The highest BCUT2D eigenvalue weighted by Crippen LogP contribution is 2.21. The molecule has 1 aromatic rings. The molecule has 0 aliphatic rings. The molecule has 1 rings (SSSR count). The summed E-state index contributed by atoms with van der Waals surface area (Å²) >= 11 is 11.2. The monoisotopic (exact) mass is 216 g/mol. The van der Waals surface area contributed by atoms with Crippen LogP contribution in [-0.2, 0) is 0 Å². The Morgan fingerprint density at radius 1 is 1.54 bits per heavy atom. The molecule has 1 aromatic heterocycles. The number of terminal acetylenes is 1. The fraction of sp³-hybridized carbons (Fsp3) is 0.250. The second-order valence-corrected chi connectivity index (χ2v) is 2.84. The summed E-state index contributed by atoms with van der Waals surface area (Å²) in [4.78, 5) is 7.45. The topological polar surface area (TPSA) is 35.0 Å². The smallest absolute Gasteiger partial charge is 0.237 e. The Kier molecular flexibility index (Phi) is 3.81. The summed E-state index contributed by atoms with van der Waals surface area (Å²) in [6.45, 7) is 0.365. The Bertz CT molecular complexity index is 335. The van der Waals surface area contributed by atoms with Crippen LogP contribution in [0.5, 0.6) is 5.88 Å². The molecule has 0 saturated carbocycles. The van der Waals surface area contributed by atoms with Crippen molar-refractivity contribution < 1.29 is 4.74 Å². The van der Waals surface area contributed by atoms with Crippen molar-refractivity contribution in [2.24, 2.45) is 0 Å². The van der Waals surface area contributed by atoms with Gasteiger partial charge in [-0.3, -0.25) is 0 Å². The van der Waals surface area contributed by atoms with Gasteiger partial charge in [-0.25, -0.2) is 4.98 Å². The average molecular weight is 217 g/mol. The molecule has 13 heavy (non-hydrogen) atoms. The van der Waals surface area contributed by atoms with Crippen molar-refractivity contribution >= 4 is 23.2 Å². The molecule has 5 heteroatoms. The van der Waals surface area contributed by atoms with Gasteiger partial charge >= 0.3 is 0 Å². The maximum atomic E-state index is 5.71. The zero-order valence-electron chi connectivity index (χ0n) is 6.63. The molecule has 1 heterocycles. The first-order chi connectivity index (χ1) is 6.24. The van der Waals surface area contributed by atoms with E-state index in [1.54, 1.807) is 0 Å². The molecule has 0 bridgehead atoms. The fourth-order valence-corrected chi connectivity index (χ4v) is 0.910. The Morgan fingerprint density at radius 3 is 3.00 bits per heavy atom. The molecular weight excluding hydrogens is 211 g/mol. The van der Waals surface area contributed by atoms with Crippen molar-refractivity contribution in [1.82, 2.24) is 9.97 Å². The van der Waals surface area contributed by atoms with Crippen LogP contribution in [-0.4, -0.2) is 16.6 Å². The minimum atomic E-state index is 0.0973. The van der Waals surface area contributed by atoms with Crippen LogP contribution in [0.25, 0.3) is 0 Å². The van der Waals surface area contributed by atoms with E-state index in [0.717, 1.165) is 0 Å². The SMILES string of the molecule is C#CCCOc1nc(Cl)ncc1Cl. The van der Waals surface area contributed by atoms with Crippen LogP contribution in [0, 0.1) is 12.3 Å². The van der Waals surface area contributed by atoms with Gasteiger partial charge in [0.05, 0.1) is 6.20 Å². The molecule has 0 aromatic carbocycles. The van der Waals surface area contributed by atoms with Gasteiger partial charge in [-0.1, -0.05) is 11.6 Å². The second-order valence-electron chi connectivity index (χ2n) is 2.09. The summed E-state index contributed by atoms with van der Waals surface area (Å²) in [7, 11) is 0. The molecule has 0 fully saturated rings. The van der Waals surface area contributed by atoms with E-state index in [0.29, 0.717) is 18.1 Å². The molecular formula is C8H6Cl2N2O. The Balaban J connectivity index is 2.65. The zero-order chi connectivity index (χ0) is 9.68. The van der Waals surface area contributed by atoms with Crippen LogP contribution in [0.2, 0.25) is 10.3 Å². The number of nitrogens with zero attached hydrogens (tertiary/aromatic N) is 2. The van der Waals surface area contributed by atoms with Gasteiger partial charge in [-0.05, 0) is 11.6 Å². The standard InChI is InChI=1S/C8H6Cl2N2O/c1-2-3-4-13-7-6(9)5-11-8(10)12-7/h1,5H,3-4H2. The number of halogens is 2. The molecule has 0 aliphatic carbocycles. The fourth-order valence-electron chi connectivity index (χ4n) is 0.639. The van der Waals surface area contributed by atoms with Crippen LogP contribution in [0.1, 0.15) is 6.42 Å². The summed E-state index contributed by atoms with van der Waals surface area (Å²) < 4.78 is 5.15. The number of rotatable bonds is 3. The molecule has 0 N–H and O–H groups in total. The number of hydrogen-bond acceptors (Lipinski definition) is 3. The van der Waals surface area contributed by atoms with Crippen LogP contribution >= 0.6 is 23.2 Å². The number of aromatic nitrogens is 2. The lowest BCUT2D eigenvalue weighted by Gasteiger charge is -2.03. The summed E-state index contributed by atoms with van der Waals surface area (Å²) in [6.07, 6.45) is 6.91. The quantitative estimate of drug-likeness (QED) is 0.442. The minimum absolute atomic E-state index is 0.0973. The highest BCUT2D eigenvalue weighted by molar-refractivity contribution is 6.32. The van der Waals surface area contributed by atoms with Crippen molar-refractivity contribution in [3.63, 3.8) is 0 Å². The van der Waals surface area contributed by atoms with Crippen molar-refractivity contribution in [1.29, 1.82) is 0 Å². The Morgan fingerprint density at radius 2 is 2.31 bits per heavy atom. The van der Waals surface area contributed by atoms with Crippen LogP contribution in [0.3, 0.4) is 0 Å². The zero-order valence-corrected chi connectivity index (χ0v) is 8.14. The lowest BCUT2D eigenvalue weighted by Crippen LogP contribution is -1.99. The Hall–Kier alpha value is -0.980. The van der Waals surface area contributed by atoms with Crippen LogP contribution in [0.15, 0.2) is 6.20 Å². The van der Waals surface area contributed by atoms with Gasteiger partial charge in [0.2, 0.25) is 11.2 Å². The van der Waals surface area contributed by atoms with E-state index in [2.05, 4.69) is 15.9 Å². The first kappa shape index (κ1) is 10.1. The van der Waals surface area contributed by atoms with Gasteiger partial charge in [-0.15, -0.1) is 12.3 Å². The van der Waals surface area contributed by atoms with Gasteiger partial charge < -0.3 is 4.74 Å². The first-order valence-electron chi connectivity index (χ1n) is 3.48. The third-order valence-corrected chi connectivity index (χ3v) is 1.61. The lowest BCUT2D eigenvalue weighted by molar-refractivity contribution is 0.314. The van der Waals surface area contributed by atoms with Gasteiger partial charge in [-0.2, -0.15) is 4.98 Å². The van der Waals surface area contributed by atoms with Gasteiger partial charge in [0.25, 0.3) is 0 Å². The van der Waals surface area contributed by atoms with Crippen molar-refractivity contribution in [3.05, 3.63) is 16.5 Å². The molecule has 0 atom stereocenters. The molecule has 68 valence electrons. The lowest BCUT2D eigenvalue weighted by atomic mass is 10.5.